The van der Waals surface area contributed by atoms with Gasteiger partial charge < -0.3 is 15.4 Å². The standard InChI is InChI=1S/C13H25N5O2/c1-12(2,3)20-11(19)14-9-13(4,5)15-7-10-8-18(6)17-16-10/h8,15H,7,9H2,1-6H3,(H,14,19). The molecule has 0 radical (unpaired) electrons. The molecule has 114 valence electrons. The number of aromatic nitrogens is 3. The third kappa shape index (κ3) is 6.51. The quantitative estimate of drug-likeness (QED) is 0.849. The molecule has 7 heteroatoms. The number of ether oxygens (including phenoxy) is 1. The first kappa shape index (κ1) is 16.4. The number of aryl methyl sites for hydroxylation is 1. The summed E-state index contributed by atoms with van der Waals surface area (Å²) in [5.74, 6) is 0. The van der Waals surface area contributed by atoms with Gasteiger partial charge in [-0.1, -0.05) is 5.21 Å². The average Bonchev–Trinajstić information content (AvgIpc) is 2.68. The van der Waals surface area contributed by atoms with Crippen molar-refractivity contribution in [1.29, 1.82) is 0 Å². The van der Waals surface area contributed by atoms with Crippen LogP contribution in [0.1, 0.15) is 40.3 Å². The Bertz CT molecular complexity index is 448. The average molecular weight is 283 g/mol. The number of carbonyl (C=O) groups is 1. The van der Waals surface area contributed by atoms with Crippen LogP contribution < -0.4 is 10.6 Å². The van der Waals surface area contributed by atoms with Crippen molar-refractivity contribution in [1.82, 2.24) is 25.6 Å². The van der Waals surface area contributed by atoms with Gasteiger partial charge in [0.2, 0.25) is 0 Å². The Morgan fingerprint density at radius 3 is 2.50 bits per heavy atom. The Morgan fingerprint density at radius 2 is 2.00 bits per heavy atom. The van der Waals surface area contributed by atoms with E-state index >= 15 is 0 Å². The van der Waals surface area contributed by atoms with Crippen molar-refractivity contribution >= 4 is 6.09 Å². The van der Waals surface area contributed by atoms with Crippen LogP contribution in [0.5, 0.6) is 0 Å². The number of hydrogen-bond acceptors (Lipinski definition) is 5. The summed E-state index contributed by atoms with van der Waals surface area (Å²) < 4.78 is 6.85. The fourth-order valence-corrected chi connectivity index (χ4v) is 1.48. The summed E-state index contributed by atoms with van der Waals surface area (Å²) in [4.78, 5) is 11.6. The minimum atomic E-state index is -0.485. The van der Waals surface area contributed by atoms with E-state index in [2.05, 4.69) is 20.9 Å². The maximum absolute atomic E-state index is 11.6. The van der Waals surface area contributed by atoms with Crippen LogP contribution in [0.25, 0.3) is 0 Å². The molecule has 1 amide bonds. The molecule has 0 saturated heterocycles. The topological polar surface area (TPSA) is 81.1 Å². The van der Waals surface area contributed by atoms with Crippen LogP contribution >= 0.6 is 0 Å². The molecular weight excluding hydrogens is 258 g/mol. The van der Waals surface area contributed by atoms with Crippen LogP contribution in [-0.4, -0.2) is 38.8 Å². The number of alkyl carbamates (subject to hydrolysis) is 1. The van der Waals surface area contributed by atoms with Crippen LogP contribution in [0.15, 0.2) is 6.20 Å². The summed E-state index contributed by atoms with van der Waals surface area (Å²) >= 11 is 0. The van der Waals surface area contributed by atoms with E-state index in [1.807, 2.05) is 47.9 Å². The molecule has 0 aliphatic rings. The van der Waals surface area contributed by atoms with Gasteiger partial charge in [0.1, 0.15) is 5.60 Å². The van der Waals surface area contributed by atoms with Gasteiger partial charge in [-0.2, -0.15) is 0 Å². The molecule has 20 heavy (non-hydrogen) atoms. The van der Waals surface area contributed by atoms with Crippen LogP contribution in [0, 0.1) is 0 Å². The molecule has 0 saturated carbocycles. The highest BCUT2D eigenvalue weighted by atomic mass is 16.6. The zero-order valence-corrected chi connectivity index (χ0v) is 13.1. The summed E-state index contributed by atoms with van der Waals surface area (Å²) in [7, 11) is 1.83. The molecular formula is C13H25N5O2. The fraction of sp³-hybridized carbons (Fsp3) is 0.769. The van der Waals surface area contributed by atoms with E-state index in [4.69, 9.17) is 4.74 Å². The first-order valence-electron chi connectivity index (χ1n) is 6.64. The Hall–Kier alpha value is -1.63. The van der Waals surface area contributed by atoms with E-state index < -0.39 is 11.7 Å². The predicted molar refractivity (Wildman–Crippen MR) is 76.2 cm³/mol. The molecule has 1 heterocycles. The summed E-state index contributed by atoms with van der Waals surface area (Å²) in [5, 5.41) is 13.9. The SMILES string of the molecule is Cn1cc(CNC(C)(C)CNC(=O)OC(C)(C)C)nn1. The Labute approximate surface area is 120 Å². The fourth-order valence-electron chi connectivity index (χ4n) is 1.48. The minimum Gasteiger partial charge on any atom is -0.444 e. The highest BCUT2D eigenvalue weighted by molar-refractivity contribution is 5.67. The molecule has 0 aliphatic heterocycles. The summed E-state index contributed by atoms with van der Waals surface area (Å²) in [6.07, 6.45) is 1.44. The molecule has 0 bridgehead atoms. The van der Waals surface area contributed by atoms with E-state index in [1.165, 1.54) is 0 Å². The number of nitrogens with zero attached hydrogens (tertiary/aromatic N) is 3. The van der Waals surface area contributed by atoms with Gasteiger partial charge in [0.15, 0.2) is 0 Å². The largest absolute Gasteiger partial charge is 0.444 e. The van der Waals surface area contributed by atoms with Crippen molar-refractivity contribution in [3.63, 3.8) is 0 Å². The van der Waals surface area contributed by atoms with Gasteiger partial charge in [0.05, 0.1) is 5.69 Å². The Balaban J connectivity index is 2.35. The third-order valence-electron chi connectivity index (χ3n) is 2.47. The van der Waals surface area contributed by atoms with E-state index in [0.29, 0.717) is 13.1 Å². The first-order chi connectivity index (χ1) is 9.07. The monoisotopic (exact) mass is 283 g/mol. The van der Waals surface area contributed by atoms with E-state index in [1.54, 1.807) is 4.68 Å². The lowest BCUT2D eigenvalue weighted by Gasteiger charge is -2.27. The molecule has 1 rings (SSSR count). The van der Waals surface area contributed by atoms with Gasteiger partial charge in [-0.25, -0.2) is 4.79 Å². The molecule has 1 aromatic rings. The normalized spacial score (nSPS) is 12.3. The summed E-state index contributed by atoms with van der Waals surface area (Å²) in [6.45, 7) is 10.6. The van der Waals surface area contributed by atoms with Crippen molar-refractivity contribution in [3.05, 3.63) is 11.9 Å². The van der Waals surface area contributed by atoms with Gasteiger partial charge in [-0.3, -0.25) is 4.68 Å². The zero-order chi connectivity index (χ0) is 15.4. The lowest BCUT2D eigenvalue weighted by Crippen LogP contribution is -2.49. The van der Waals surface area contributed by atoms with Gasteiger partial charge in [-0.05, 0) is 34.6 Å². The second kappa shape index (κ2) is 6.21. The molecule has 1 aromatic heterocycles. The number of nitrogens with one attached hydrogen (secondary N) is 2. The third-order valence-corrected chi connectivity index (χ3v) is 2.47. The molecule has 0 fully saturated rings. The minimum absolute atomic E-state index is 0.269. The summed E-state index contributed by atoms with van der Waals surface area (Å²) in [6, 6.07) is 0. The molecule has 7 nitrogen and oxygen atoms in total. The Kier molecular flexibility index (Phi) is 5.10. The highest BCUT2D eigenvalue weighted by Crippen LogP contribution is 2.07. The second-order valence-corrected chi connectivity index (χ2v) is 6.48. The molecule has 2 N–H and O–H groups in total. The molecule has 0 aliphatic carbocycles. The van der Waals surface area contributed by atoms with Gasteiger partial charge in [-0.15, -0.1) is 5.10 Å². The van der Waals surface area contributed by atoms with E-state index in [-0.39, 0.29) is 5.54 Å². The van der Waals surface area contributed by atoms with E-state index in [0.717, 1.165) is 5.69 Å². The lowest BCUT2D eigenvalue weighted by molar-refractivity contribution is 0.0513. The summed E-state index contributed by atoms with van der Waals surface area (Å²) in [5.41, 5.74) is 0.105. The van der Waals surface area contributed by atoms with Crippen molar-refractivity contribution in [2.45, 2.75) is 52.3 Å². The van der Waals surface area contributed by atoms with Crippen LogP contribution in [0.4, 0.5) is 4.79 Å². The molecule has 0 unspecified atom stereocenters. The molecule has 0 aromatic carbocycles. The maximum Gasteiger partial charge on any atom is 0.407 e. The molecule has 0 spiro atoms. The second-order valence-electron chi connectivity index (χ2n) is 6.48. The van der Waals surface area contributed by atoms with E-state index in [9.17, 15) is 4.79 Å². The van der Waals surface area contributed by atoms with Gasteiger partial charge >= 0.3 is 6.09 Å². The maximum atomic E-state index is 11.6. The lowest BCUT2D eigenvalue weighted by atomic mass is 10.1. The number of rotatable bonds is 5. The van der Waals surface area contributed by atoms with Crippen LogP contribution in [0.3, 0.4) is 0 Å². The van der Waals surface area contributed by atoms with Crippen molar-refractivity contribution in [2.75, 3.05) is 6.54 Å². The van der Waals surface area contributed by atoms with Crippen LogP contribution in [0.2, 0.25) is 0 Å². The van der Waals surface area contributed by atoms with Crippen molar-refractivity contribution in [3.8, 4) is 0 Å². The smallest absolute Gasteiger partial charge is 0.407 e. The number of amides is 1. The van der Waals surface area contributed by atoms with Gasteiger partial charge in [0.25, 0.3) is 0 Å². The van der Waals surface area contributed by atoms with Gasteiger partial charge in [0, 0.05) is 31.9 Å². The first-order valence-corrected chi connectivity index (χ1v) is 6.64. The number of carbonyl (C=O) groups excluding carboxylic acids is 1. The zero-order valence-electron chi connectivity index (χ0n) is 13.1. The highest BCUT2D eigenvalue weighted by Gasteiger charge is 2.21. The predicted octanol–water partition coefficient (Wildman–Crippen LogP) is 1.21. The Morgan fingerprint density at radius 1 is 1.35 bits per heavy atom. The number of hydrogen-bond donors (Lipinski definition) is 2. The van der Waals surface area contributed by atoms with Crippen LogP contribution in [-0.2, 0) is 18.3 Å². The van der Waals surface area contributed by atoms with Crippen molar-refractivity contribution < 1.29 is 9.53 Å². The molecule has 0 atom stereocenters. The van der Waals surface area contributed by atoms with Crippen molar-refractivity contribution in [2.24, 2.45) is 7.05 Å².